The first-order valence-electron chi connectivity index (χ1n) is 7.14. The number of amides is 2. The summed E-state index contributed by atoms with van der Waals surface area (Å²) < 4.78 is 0. The van der Waals surface area contributed by atoms with Gasteiger partial charge in [-0.2, -0.15) is 0 Å². The van der Waals surface area contributed by atoms with E-state index in [1.165, 1.54) is 5.56 Å². The second-order valence-corrected chi connectivity index (χ2v) is 5.47. The van der Waals surface area contributed by atoms with Gasteiger partial charge in [0.1, 0.15) is 0 Å². The Morgan fingerprint density at radius 3 is 2.68 bits per heavy atom. The molecule has 4 heteroatoms. The van der Waals surface area contributed by atoms with Crippen molar-refractivity contribution in [2.75, 3.05) is 26.2 Å². The van der Waals surface area contributed by atoms with Gasteiger partial charge in [0.25, 0.3) is 0 Å². The predicted molar refractivity (Wildman–Crippen MR) is 74.9 cm³/mol. The summed E-state index contributed by atoms with van der Waals surface area (Å²) in [6.45, 7) is 3.56. The number of benzene rings is 1. The average Bonchev–Trinajstić information content (AvgIpc) is 3.23. The van der Waals surface area contributed by atoms with Crippen molar-refractivity contribution >= 4 is 6.03 Å². The zero-order valence-electron chi connectivity index (χ0n) is 11.2. The Morgan fingerprint density at radius 1 is 1.16 bits per heavy atom. The van der Waals surface area contributed by atoms with Gasteiger partial charge in [0.2, 0.25) is 0 Å². The monoisotopic (exact) mass is 259 g/mol. The zero-order valence-corrected chi connectivity index (χ0v) is 11.2. The topological polar surface area (TPSA) is 44.4 Å². The van der Waals surface area contributed by atoms with Crippen LogP contribution in [0.5, 0.6) is 0 Å². The summed E-state index contributed by atoms with van der Waals surface area (Å²) in [6, 6.07) is 10.4. The third-order valence-electron chi connectivity index (χ3n) is 4.05. The molecule has 4 nitrogen and oxygen atoms in total. The highest BCUT2D eigenvalue weighted by molar-refractivity contribution is 5.76. The van der Waals surface area contributed by atoms with Gasteiger partial charge in [-0.1, -0.05) is 30.3 Å². The number of carbonyl (C=O) groups is 1. The van der Waals surface area contributed by atoms with E-state index in [2.05, 4.69) is 22.8 Å². The normalized spacial score (nSPS) is 21.6. The van der Waals surface area contributed by atoms with Crippen LogP contribution in [0, 0.1) is 0 Å². The van der Waals surface area contributed by atoms with Gasteiger partial charge < -0.3 is 15.5 Å². The third-order valence-corrected chi connectivity index (χ3v) is 4.05. The second kappa shape index (κ2) is 5.21. The van der Waals surface area contributed by atoms with Crippen LogP contribution in [0.3, 0.4) is 0 Å². The van der Waals surface area contributed by atoms with E-state index in [-0.39, 0.29) is 11.6 Å². The molecule has 0 atom stereocenters. The molecule has 0 radical (unpaired) electrons. The van der Waals surface area contributed by atoms with Crippen LogP contribution in [0.15, 0.2) is 30.3 Å². The molecular formula is C15H21N3O. The van der Waals surface area contributed by atoms with Gasteiger partial charge in [0.05, 0.1) is 5.54 Å². The summed E-state index contributed by atoms with van der Waals surface area (Å²) in [4.78, 5) is 14.3. The number of rotatable bonds is 2. The van der Waals surface area contributed by atoms with Crippen LogP contribution < -0.4 is 10.6 Å². The Labute approximate surface area is 114 Å². The van der Waals surface area contributed by atoms with Crippen LogP contribution in [-0.4, -0.2) is 37.1 Å². The third kappa shape index (κ3) is 2.73. The Hall–Kier alpha value is -1.55. The second-order valence-electron chi connectivity index (χ2n) is 5.47. The number of nitrogens with one attached hydrogen (secondary N) is 2. The van der Waals surface area contributed by atoms with Crippen molar-refractivity contribution in [1.82, 2.24) is 15.5 Å². The van der Waals surface area contributed by atoms with Crippen LogP contribution >= 0.6 is 0 Å². The molecule has 1 aliphatic carbocycles. The van der Waals surface area contributed by atoms with Crippen LogP contribution in [0.2, 0.25) is 0 Å². The van der Waals surface area contributed by atoms with Crippen LogP contribution in [0.4, 0.5) is 4.79 Å². The number of hydrogen-bond donors (Lipinski definition) is 2. The maximum Gasteiger partial charge on any atom is 0.318 e. The minimum atomic E-state index is -0.0991. The van der Waals surface area contributed by atoms with E-state index >= 15 is 0 Å². The van der Waals surface area contributed by atoms with E-state index in [0.717, 1.165) is 45.4 Å². The summed E-state index contributed by atoms with van der Waals surface area (Å²) in [5, 5.41) is 6.56. The van der Waals surface area contributed by atoms with Crippen molar-refractivity contribution in [1.29, 1.82) is 0 Å². The van der Waals surface area contributed by atoms with E-state index in [4.69, 9.17) is 0 Å². The minimum absolute atomic E-state index is 0.0880. The molecule has 19 heavy (non-hydrogen) atoms. The maximum absolute atomic E-state index is 12.4. The molecule has 1 saturated heterocycles. The molecule has 1 heterocycles. The number of hydrogen-bond acceptors (Lipinski definition) is 2. The molecule has 1 aromatic rings. The lowest BCUT2D eigenvalue weighted by molar-refractivity contribution is 0.195. The van der Waals surface area contributed by atoms with Crippen LogP contribution in [0.1, 0.15) is 24.8 Å². The quantitative estimate of drug-likeness (QED) is 0.848. The van der Waals surface area contributed by atoms with E-state index in [9.17, 15) is 4.79 Å². The lowest BCUT2D eigenvalue weighted by Crippen LogP contribution is -2.46. The molecule has 0 spiro atoms. The molecule has 0 aromatic heterocycles. The van der Waals surface area contributed by atoms with Gasteiger partial charge in [0, 0.05) is 19.6 Å². The number of urea groups is 1. The van der Waals surface area contributed by atoms with Gasteiger partial charge in [0.15, 0.2) is 0 Å². The first-order chi connectivity index (χ1) is 9.30. The Bertz CT molecular complexity index is 434. The molecule has 2 amide bonds. The first-order valence-corrected chi connectivity index (χ1v) is 7.14. The van der Waals surface area contributed by atoms with Crippen molar-refractivity contribution in [3.63, 3.8) is 0 Å². The van der Waals surface area contributed by atoms with Crippen molar-refractivity contribution in [2.45, 2.75) is 24.8 Å². The predicted octanol–water partition coefficient (Wildman–Crippen LogP) is 1.68. The first kappa shape index (κ1) is 12.5. The molecule has 3 rings (SSSR count). The standard InChI is InChI=1S/C15H21N3O/c19-14(18-11-4-9-16-10-12-18)17-15(7-8-15)13-5-2-1-3-6-13/h1-3,5-6,16H,4,7-12H2,(H,17,19). The molecule has 2 N–H and O–H groups in total. The van der Waals surface area contributed by atoms with Gasteiger partial charge in [-0.05, 0) is 31.4 Å². The van der Waals surface area contributed by atoms with Crippen molar-refractivity contribution in [2.24, 2.45) is 0 Å². The lowest BCUT2D eigenvalue weighted by Gasteiger charge is -2.25. The number of nitrogens with zero attached hydrogens (tertiary/aromatic N) is 1. The van der Waals surface area contributed by atoms with Gasteiger partial charge >= 0.3 is 6.03 Å². The summed E-state index contributed by atoms with van der Waals surface area (Å²) in [6.07, 6.45) is 3.13. The molecule has 1 aromatic carbocycles. The average molecular weight is 259 g/mol. The Balaban J connectivity index is 1.66. The molecule has 1 saturated carbocycles. The summed E-state index contributed by atoms with van der Waals surface area (Å²) >= 11 is 0. The highest BCUT2D eigenvalue weighted by atomic mass is 16.2. The van der Waals surface area contributed by atoms with Gasteiger partial charge in [-0.25, -0.2) is 4.79 Å². The summed E-state index contributed by atoms with van der Waals surface area (Å²) in [5.74, 6) is 0. The summed E-state index contributed by atoms with van der Waals surface area (Å²) in [7, 11) is 0. The zero-order chi connectivity index (χ0) is 13.1. The van der Waals surface area contributed by atoms with Crippen LogP contribution in [-0.2, 0) is 5.54 Å². The van der Waals surface area contributed by atoms with E-state index in [1.54, 1.807) is 0 Å². The lowest BCUT2D eigenvalue weighted by atomic mass is 10.1. The van der Waals surface area contributed by atoms with Gasteiger partial charge in [-0.15, -0.1) is 0 Å². The molecule has 1 aliphatic heterocycles. The van der Waals surface area contributed by atoms with E-state index < -0.39 is 0 Å². The van der Waals surface area contributed by atoms with E-state index in [0.29, 0.717) is 0 Å². The molecule has 102 valence electrons. The van der Waals surface area contributed by atoms with Gasteiger partial charge in [-0.3, -0.25) is 0 Å². The minimum Gasteiger partial charge on any atom is -0.328 e. The molecular weight excluding hydrogens is 238 g/mol. The van der Waals surface area contributed by atoms with Crippen molar-refractivity contribution < 1.29 is 4.79 Å². The SMILES string of the molecule is O=C(NC1(c2ccccc2)CC1)N1CCCNCC1. The largest absolute Gasteiger partial charge is 0.328 e. The number of carbonyl (C=O) groups excluding carboxylic acids is 1. The molecule has 2 aliphatic rings. The highest BCUT2D eigenvalue weighted by Crippen LogP contribution is 2.45. The fourth-order valence-corrected chi connectivity index (χ4v) is 2.70. The Morgan fingerprint density at radius 2 is 1.95 bits per heavy atom. The van der Waals surface area contributed by atoms with Crippen LogP contribution in [0.25, 0.3) is 0 Å². The maximum atomic E-state index is 12.4. The molecule has 2 fully saturated rings. The fraction of sp³-hybridized carbons (Fsp3) is 0.533. The Kier molecular flexibility index (Phi) is 3.42. The fourth-order valence-electron chi connectivity index (χ4n) is 2.70. The molecule has 0 unspecified atom stereocenters. The smallest absolute Gasteiger partial charge is 0.318 e. The summed E-state index contributed by atoms with van der Waals surface area (Å²) in [5.41, 5.74) is 1.13. The highest BCUT2D eigenvalue weighted by Gasteiger charge is 2.46. The van der Waals surface area contributed by atoms with E-state index in [1.807, 2.05) is 23.1 Å². The van der Waals surface area contributed by atoms with Crippen molar-refractivity contribution in [3.8, 4) is 0 Å². The molecule has 0 bridgehead atoms. The van der Waals surface area contributed by atoms with Crippen molar-refractivity contribution in [3.05, 3.63) is 35.9 Å².